The fraction of sp³-hybridized carbons (Fsp3) is 0.0833. The number of anilines is 1. The summed E-state index contributed by atoms with van der Waals surface area (Å²) in [4.78, 5) is 17.5. The van der Waals surface area contributed by atoms with Crippen molar-refractivity contribution in [3.05, 3.63) is 95.9 Å². The van der Waals surface area contributed by atoms with Gasteiger partial charge in [-0.2, -0.15) is 0 Å². The minimum Gasteiger partial charge on any atom is -0.334 e. The third kappa shape index (κ3) is 3.54. The van der Waals surface area contributed by atoms with E-state index in [4.69, 9.17) is 0 Å². The third-order valence-corrected chi connectivity index (χ3v) is 5.31. The van der Waals surface area contributed by atoms with E-state index in [1.54, 1.807) is 41.2 Å². The Hall–Kier alpha value is -4.00. The van der Waals surface area contributed by atoms with E-state index in [1.807, 2.05) is 23.7 Å². The van der Waals surface area contributed by atoms with Crippen molar-refractivity contribution in [1.29, 1.82) is 0 Å². The van der Waals surface area contributed by atoms with Crippen molar-refractivity contribution in [2.45, 2.75) is 6.54 Å². The van der Waals surface area contributed by atoms with E-state index in [0.29, 0.717) is 27.8 Å². The minimum atomic E-state index is -0.385. The molecule has 5 nitrogen and oxygen atoms in total. The number of aryl methyl sites for hydroxylation is 1. The minimum absolute atomic E-state index is 0.274. The molecule has 1 N–H and O–H groups in total. The molecule has 2 heterocycles. The van der Waals surface area contributed by atoms with Gasteiger partial charge in [-0.25, -0.2) is 13.8 Å². The van der Waals surface area contributed by atoms with Crippen molar-refractivity contribution in [2.24, 2.45) is 7.05 Å². The van der Waals surface area contributed by atoms with Gasteiger partial charge in [0.25, 0.3) is 5.91 Å². The molecule has 0 aliphatic rings. The van der Waals surface area contributed by atoms with Gasteiger partial charge < -0.3 is 14.5 Å². The highest BCUT2D eigenvalue weighted by atomic mass is 19.1. The van der Waals surface area contributed by atoms with Crippen LogP contribution in [0.4, 0.5) is 14.5 Å². The number of amides is 1. The average molecular weight is 416 g/mol. The largest absolute Gasteiger partial charge is 0.334 e. The standard InChI is InChI=1S/C24H18F2N4O/c1-29-14-27-20-7-6-19(12-22(20)29)28-24(31)23-11-16-10-18(26)5-8-21(16)30(23)13-15-3-2-4-17(25)9-15/h2-12,14H,13H2,1H3,(H,28,31). The molecule has 5 aromatic rings. The number of carbonyl (C=O) groups excluding carboxylic acids is 1. The normalized spacial score (nSPS) is 11.3. The van der Waals surface area contributed by atoms with Gasteiger partial charge in [-0.1, -0.05) is 12.1 Å². The van der Waals surface area contributed by atoms with Gasteiger partial charge in [-0.3, -0.25) is 4.79 Å². The maximum Gasteiger partial charge on any atom is 0.272 e. The maximum atomic E-state index is 13.8. The fourth-order valence-electron chi connectivity index (χ4n) is 3.82. The van der Waals surface area contributed by atoms with Gasteiger partial charge in [0.15, 0.2) is 0 Å². The first-order chi connectivity index (χ1) is 15.0. The SMILES string of the molecule is Cn1cnc2ccc(NC(=O)c3cc4cc(F)ccc4n3Cc3cccc(F)c3)cc21. The van der Waals surface area contributed by atoms with E-state index < -0.39 is 0 Å². The van der Waals surface area contributed by atoms with Crippen molar-refractivity contribution in [3.8, 4) is 0 Å². The van der Waals surface area contributed by atoms with Crippen molar-refractivity contribution in [3.63, 3.8) is 0 Å². The molecule has 0 aliphatic heterocycles. The van der Waals surface area contributed by atoms with Gasteiger partial charge in [-0.05, 0) is 60.2 Å². The average Bonchev–Trinajstić information content (AvgIpc) is 3.28. The van der Waals surface area contributed by atoms with Crippen molar-refractivity contribution < 1.29 is 13.6 Å². The third-order valence-electron chi connectivity index (χ3n) is 5.31. The van der Waals surface area contributed by atoms with Crippen LogP contribution in [-0.2, 0) is 13.6 Å². The van der Waals surface area contributed by atoms with Crippen LogP contribution in [-0.4, -0.2) is 20.0 Å². The van der Waals surface area contributed by atoms with Crippen molar-refractivity contribution >= 4 is 33.5 Å². The summed E-state index contributed by atoms with van der Waals surface area (Å²) in [6, 6.07) is 17.7. The number of benzene rings is 3. The van der Waals surface area contributed by atoms with Gasteiger partial charge in [0.1, 0.15) is 17.3 Å². The highest BCUT2D eigenvalue weighted by Gasteiger charge is 2.17. The highest BCUT2D eigenvalue weighted by molar-refractivity contribution is 6.07. The zero-order valence-corrected chi connectivity index (χ0v) is 16.6. The number of aromatic nitrogens is 3. The van der Waals surface area contributed by atoms with Crippen LogP contribution in [0.25, 0.3) is 21.9 Å². The Balaban J connectivity index is 1.55. The van der Waals surface area contributed by atoms with Gasteiger partial charge in [0, 0.05) is 30.2 Å². The summed E-state index contributed by atoms with van der Waals surface area (Å²) >= 11 is 0. The molecule has 0 aliphatic carbocycles. The second kappa shape index (κ2) is 7.36. The molecule has 7 heteroatoms. The van der Waals surface area contributed by atoms with Crippen LogP contribution in [0.2, 0.25) is 0 Å². The molecule has 0 atom stereocenters. The van der Waals surface area contributed by atoms with E-state index in [1.165, 1.54) is 24.3 Å². The predicted molar refractivity (Wildman–Crippen MR) is 116 cm³/mol. The zero-order chi connectivity index (χ0) is 21.5. The molecule has 0 bridgehead atoms. The Morgan fingerprint density at radius 2 is 1.81 bits per heavy atom. The van der Waals surface area contributed by atoms with Gasteiger partial charge in [0.05, 0.1) is 17.4 Å². The smallest absolute Gasteiger partial charge is 0.272 e. The van der Waals surface area contributed by atoms with Crippen LogP contribution in [0, 0.1) is 11.6 Å². The zero-order valence-electron chi connectivity index (χ0n) is 16.6. The molecule has 0 saturated heterocycles. The van der Waals surface area contributed by atoms with Crippen molar-refractivity contribution in [2.75, 3.05) is 5.32 Å². The number of nitrogens with one attached hydrogen (secondary N) is 1. The second-order valence-corrected chi connectivity index (χ2v) is 7.46. The predicted octanol–water partition coefficient (Wildman–Crippen LogP) is 5.11. The summed E-state index contributed by atoms with van der Waals surface area (Å²) < 4.78 is 31.1. The van der Waals surface area contributed by atoms with Gasteiger partial charge in [0.2, 0.25) is 0 Å². The molecule has 154 valence electrons. The number of imidazole rings is 1. The number of fused-ring (bicyclic) bond motifs is 2. The van der Waals surface area contributed by atoms with Crippen LogP contribution in [0.5, 0.6) is 0 Å². The quantitative estimate of drug-likeness (QED) is 0.443. The molecule has 0 radical (unpaired) electrons. The molecular formula is C24H18F2N4O. The Bertz CT molecular complexity index is 1450. The van der Waals surface area contributed by atoms with E-state index in [9.17, 15) is 13.6 Å². The molecule has 2 aromatic heterocycles. The summed E-state index contributed by atoms with van der Waals surface area (Å²) in [5.74, 6) is -1.07. The van der Waals surface area contributed by atoms with Gasteiger partial charge in [-0.15, -0.1) is 0 Å². The van der Waals surface area contributed by atoms with Crippen LogP contribution >= 0.6 is 0 Å². The first-order valence-electron chi connectivity index (χ1n) is 9.73. The molecule has 3 aromatic carbocycles. The molecule has 0 unspecified atom stereocenters. The van der Waals surface area contributed by atoms with E-state index in [0.717, 1.165) is 11.0 Å². The lowest BCUT2D eigenvalue weighted by atomic mass is 10.2. The summed E-state index contributed by atoms with van der Waals surface area (Å²) in [7, 11) is 1.88. The van der Waals surface area contributed by atoms with Gasteiger partial charge >= 0.3 is 0 Å². The molecule has 0 fully saturated rings. The Kier molecular flexibility index (Phi) is 4.51. The number of hydrogen-bond donors (Lipinski definition) is 1. The molecule has 31 heavy (non-hydrogen) atoms. The van der Waals surface area contributed by atoms with Crippen LogP contribution in [0.1, 0.15) is 16.1 Å². The number of halogens is 2. The number of carbonyl (C=O) groups is 1. The van der Waals surface area contributed by atoms with E-state index in [2.05, 4.69) is 10.3 Å². The van der Waals surface area contributed by atoms with Crippen LogP contribution < -0.4 is 5.32 Å². The monoisotopic (exact) mass is 416 g/mol. The lowest BCUT2D eigenvalue weighted by Crippen LogP contribution is -2.17. The topological polar surface area (TPSA) is 51.9 Å². The Morgan fingerprint density at radius 3 is 2.65 bits per heavy atom. The Morgan fingerprint density at radius 1 is 0.968 bits per heavy atom. The first kappa shape index (κ1) is 19.0. The molecule has 1 amide bonds. The highest BCUT2D eigenvalue weighted by Crippen LogP contribution is 2.24. The maximum absolute atomic E-state index is 13.8. The molecule has 0 spiro atoms. The van der Waals surface area contributed by atoms with E-state index in [-0.39, 0.29) is 24.1 Å². The number of rotatable bonds is 4. The lowest BCUT2D eigenvalue weighted by molar-refractivity contribution is 0.101. The summed E-state index contributed by atoms with van der Waals surface area (Å²) in [6.45, 7) is 0.274. The van der Waals surface area contributed by atoms with Crippen LogP contribution in [0.3, 0.4) is 0 Å². The Labute approximate surface area is 176 Å². The summed E-state index contributed by atoms with van der Waals surface area (Å²) in [5.41, 5.74) is 4.09. The first-order valence-corrected chi connectivity index (χ1v) is 9.73. The van der Waals surface area contributed by atoms with Crippen LogP contribution in [0.15, 0.2) is 73.1 Å². The molecular weight excluding hydrogens is 398 g/mol. The fourth-order valence-corrected chi connectivity index (χ4v) is 3.82. The van der Waals surface area contributed by atoms with Crippen molar-refractivity contribution in [1.82, 2.24) is 14.1 Å². The van der Waals surface area contributed by atoms with E-state index >= 15 is 0 Å². The summed E-state index contributed by atoms with van der Waals surface area (Å²) in [5, 5.41) is 3.51. The molecule has 0 saturated carbocycles. The molecule has 5 rings (SSSR count). The number of hydrogen-bond acceptors (Lipinski definition) is 2. The number of nitrogens with zero attached hydrogens (tertiary/aromatic N) is 3. The second-order valence-electron chi connectivity index (χ2n) is 7.46. The summed E-state index contributed by atoms with van der Waals surface area (Å²) in [6.07, 6.45) is 1.71. The lowest BCUT2D eigenvalue weighted by Gasteiger charge is -2.12.